The third-order valence-corrected chi connectivity index (χ3v) is 2.25. The van der Waals surface area contributed by atoms with Crippen molar-refractivity contribution in [1.29, 1.82) is 0 Å². The second kappa shape index (κ2) is 4.24. The molecule has 90 valence electrons. The first kappa shape index (κ1) is 11.1. The highest BCUT2D eigenvalue weighted by molar-refractivity contribution is 5.74. The Morgan fingerprint density at radius 1 is 1.65 bits per heavy atom. The number of carbonyl (C=O) groups excluding carboxylic acids is 1. The summed E-state index contributed by atoms with van der Waals surface area (Å²) in [7, 11) is 0. The minimum absolute atomic E-state index is 0.222. The quantitative estimate of drug-likeness (QED) is 0.630. The normalized spacial score (nSPS) is 10.6. The van der Waals surface area contributed by atoms with Gasteiger partial charge in [0.05, 0.1) is 0 Å². The molecule has 4 N–H and O–H groups in total. The molecule has 1 amide bonds. The summed E-state index contributed by atoms with van der Waals surface area (Å²) in [6.45, 7) is 2.09. The molecule has 0 saturated carbocycles. The van der Waals surface area contributed by atoms with E-state index in [0.717, 1.165) is 0 Å². The Labute approximate surface area is 95.8 Å². The van der Waals surface area contributed by atoms with Crippen LogP contribution < -0.4 is 16.7 Å². The van der Waals surface area contributed by atoms with Crippen molar-refractivity contribution in [1.82, 2.24) is 19.6 Å². The number of primary amides is 1. The van der Waals surface area contributed by atoms with Crippen LogP contribution in [0.3, 0.4) is 0 Å². The SMILES string of the molecule is Cc1nc(NCCC(N)=O)cc2n[nH]c(=O)n12. The molecule has 2 aromatic rings. The average Bonchev–Trinajstić information content (AvgIpc) is 2.60. The van der Waals surface area contributed by atoms with Crippen LogP contribution >= 0.6 is 0 Å². The molecular weight excluding hydrogens is 224 g/mol. The van der Waals surface area contributed by atoms with Crippen molar-refractivity contribution in [2.75, 3.05) is 11.9 Å². The van der Waals surface area contributed by atoms with E-state index >= 15 is 0 Å². The summed E-state index contributed by atoms with van der Waals surface area (Å²) < 4.78 is 1.36. The Balaban J connectivity index is 2.25. The summed E-state index contributed by atoms with van der Waals surface area (Å²) in [6, 6.07) is 1.62. The van der Waals surface area contributed by atoms with E-state index in [1.807, 2.05) is 0 Å². The first-order valence-electron chi connectivity index (χ1n) is 5.05. The molecule has 0 fully saturated rings. The smallest absolute Gasteiger partial charge is 0.349 e. The number of aromatic nitrogens is 4. The largest absolute Gasteiger partial charge is 0.370 e. The van der Waals surface area contributed by atoms with Crippen molar-refractivity contribution < 1.29 is 4.79 Å². The molecule has 8 nitrogen and oxygen atoms in total. The Hall–Kier alpha value is -2.38. The molecule has 0 unspecified atom stereocenters. The lowest BCUT2D eigenvalue weighted by atomic mass is 10.4. The van der Waals surface area contributed by atoms with E-state index in [0.29, 0.717) is 23.8 Å². The van der Waals surface area contributed by atoms with Gasteiger partial charge in [0.25, 0.3) is 0 Å². The third kappa shape index (κ3) is 2.25. The predicted octanol–water partition coefficient (Wildman–Crippen LogP) is -0.987. The Kier molecular flexibility index (Phi) is 2.77. The second-order valence-electron chi connectivity index (χ2n) is 3.55. The molecule has 0 aliphatic carbocycles. The van der Waals surface area contributed by atoms with Crippen LogP contribution in [0.4, 0.5) is 5.82 Å². The second-order valence-corrected chi connectivity index (χ2v) is 3.55. The molecular formula is C9H12N6O2. The number of fused-ring (bicyclic) bond motifs is 1. The van der Waals surface area contributed by atoms with Gasteiger partial charge in [0, 0.05) is 19.0 Å². The predicted molar refractivity (Wildman–Crippen MR) is 60.6 cm³/mol. The third-order valence-electron chi connectivity index (χ3n) is 2.25. The lowest BCUT2D eigenvalue weighted by Gasteiger charge is -2.05. The molecule has 17 heavy (non-hydrogen) atoms. The number of H-pyrrole nitrogens is 1. The van der Waals surface area contributed by atoms with Crippen LogP contribution in [0.15, 0.2) is 10.9 Å². The van der Waals surface area contributed by atoms with Crippen LogP contribution in [0.2, 0.25) is 0 Å². The van der Waals surface area contributed by atoms with Crippen molar-refractivity contribution in [3.63, 3.8) is 0 Å². The van der Waals surface area contributed by atoms with E-state index in [9.17, 15) is 9.59 Å². The van der Waals surface area contributed by atoms with Crippen LogP contribution in [-0.2, 0) is 4.79 Å². The highest BCUT2D eigenvalue weighted by Gasteiger charge is 2.06. The van der Waals surface area contributed by atoms with Gasteiger partial charge in [-0.05, 0) is 6.92 Å². The number of nitrogens with zero attached hydrogens (tertiary/aromatic N) is 3. The number of amides is 1. The molecule has 8 heteroatoms. The van der Waals surface area contributed by atoms with Crippen LogP contribution in [0.25, 0.3) is 5.65 Å². The first-order valence-corrected chi connectivity index (χ1v) is 5.05. The van der Waals surface area contributed by atoms with Crippen molar-refractivity contribution in [2.45, 2.75) is 13.3 Å². The molecule has 2 aromatic heterocycles. The molecule has 2 heterocycles. The Morgan fingerprint density at radius 3 is 3.12 bits per heavy atom. The van der Waals surface area contributed by atoms with Crippen molar-refractivity contribution in [2.24, 2.45) is 5.73 Å². The zero-order valence-electron chi connectivity index (χ0n) is 9.23. The topological polar surface area (TPSA) is 118 Å². The van der Waals surface area contributed by atoms with E-state index in [1.54, 1.807) is 13.0 Å². The zero-order chi connectivity index (χ0) is 12.4. The summed E-state index contributed by atoms with van der Waals surface area (Å²) in [5, 5.41) is 9.11. The van der Waals surface area contributed by atoms with Gasteiger partial charge in [-0.2, -0.15) is 5.10 Å². The number of nitrogens with two attached hydrogens (primary N) is 1. The fourth-order valence-corrected chi connectivity index (χ4v) is 1.50. The maximum Gasteiger partial charge on any atom is 0.349 e. The summed E-state index contributed by atoms with van der Waals surface area (Å²) in [4.78, 5) is 26.1. The maximum atomic E-state index is 11.3. The molecule has 0 bridgehead atoms. The summed E-state index contributed by atoms with van der Waals surface area (Å²) in [5.41, 5.74) is 5.17. The van der Waals surface area contributed by atoms with Crippen molar-refractivity contribution in [3.8, 4) is 0 Å². The van der Waals surface area contributed by atoms with Crippen LogP contribution in [0.5, 0.6) is 0 Å². The zero-order valence-corrected chi connectivity index (χ0v) is 9.23. The number of carbonyl (C=O) groups is 1. The Morgan fingerprint density at radius 2 is 2.41 bits per heavy atom. The standard InChI is InChI=1S/C9H12N6O2/c1-5-12-7(11-3-2-6(10)16)4-8-13-14-9(17)15(5)8/h4,11H,2-3H2,1H3,(H2,10,16)(H,14,17). The van der Waals surface area contributed by atoms with Crippen LogP contribution in [0.1, 0.15) is 12.2 Å². The number of hydrogen-bond acceptors (Lipinski definition) is 5. The van der Waals surface area contributed by atoms with Crippen molar-refractivity contribution >= 4 is 17.4 Å². The van der Waals surface area contributed by atoms with E-state index in [-0.39, 0.29) is 18.0 Å². The van der Waals surface area contributed by atoms with Gasteiger partial charge in [0.2, 0.25) is 5.91 Å². The van der Waals surface area contributed by atoms with Crippen LogP contribution in [0, 0.1) is 6.92 Å². The minimum atomic E-state index is -0.383. The summed E-state index contributed by atoms with van der Waals surface area (Å²) in [6.07, 6.45) is 0.222. The molecule has 0 saturated heterocycles. The monoisotopic (exact) mass is 236 g/mol. The summed E-state index contributed by atoms with van der Waals surface area (Å²) in [5.74, 6) is 0.685. The van der Waals surface area contributed by atoms with Gasteiger partial charge in [0.1, 0.15) is 11.6 Å². The van der Waals surface area contributed by atoms with Gasteiger partial charge in [-0.3, -0.25) is 4.79 Å². The van der Waals surface area contributed by atoms with E-state index < -0.39 is 0 Å². The average molecular weight is 236 g/mol. The number of anilines is 1. The molecule has 0 aromatic carbocycles. The molecule has 0 atom stereocenters. The fraction of sp³-hybridized carbons (Fsp3) is 0.333. The summed E-state index contributed by atoms with van der Waals surface area (Å²) >= 11 is 0. The minimum Gasteiger partial charge on any atom is -0.370 e. The lowest BCUT2D eigenvalue weighted by Crippen LogP contribution is -2.17. The van der Waals surface area contributed by atoms with Gasteiger partial charge in [0.15, 0.2) is 5.65 Å². The Bertz CT molecular complexity index is 613. The maximum absolute atomic E-state index is 11.3. The van der Waals surface area contributed by atoms with Gasteiger partial charge in [-0.25, -0.2) is 19.3 Å². The molecule has 0 aliphatic heterocycles. The number of aryl methyl sites for hydroxylation is 1. The lowest BCUT2D eigenvalue weighted by molar-refractivity contribution is -0.117. The van der Waals surface area contributed by atoms with E-state index in [2.05, 4.69) is 20.5 Å². The highest BCUT2D eigenvalue weighted by Crippen LogP contribution is 2.07. The highest BCUT2D eigenvalue weighted by atomic mass is 16.1. The number of nitrogens with one attached hydrogen (secondary N) is 2. The molecule has 0 radical (unpaired) electrons. The molecule has 0 spiro atoms. The van der Waals surface area contributed by atoms with Gasteiger partial charge >= 0.3 is 5.69 Å². The van der Waals surface area contributed by atoms with Crippen molar-refractivity contribution in [3.05, 3.63) is 22.4 Å². The number of aromatic amines is 1. The van der Waals surface area contributed by atoms with E-state index in [1.165, 1.54) is 4.40 Å². The number of rotatable bonds is 4. The molecule has 2 rings (SSSR count). The molecule has 0 aliphatic rings. The number of hydrogen-bond donors (Lipinski definition) is 3. The fourth-order valence-electron chi connectivity index (χ4n) is 1.50. The first-order chi connectivity index (χ1) is 8.08. The van der Waals surface area contributed by atoms with Gasteiger partial charge in [-0.15, -0.1) is 0 Å². The van der Waals surface area contributed by atoms with Crippen LogP contribution in [-0.4, -0.2) is 32.0 Å². The van der Waals surface area contributed by atoms with Gasteiger partial charge in [-0.1, -0.05) is 0 Å². The van der Waals surface area contributed by atoms with Gasteiger partial charge < -0.3 is 11.1 Å². The van der Waals surface area contributed by atoms with E-state index in [4.69, 9.17) is 5.73 Å².